The molecule has 2 aromatic rings. The number of hydrogen-bond acceptors (Lipinski definition) is 2. The van der Waals surface area contributed by atoms with Crippen LogP contribution in [0.3, 0.4) is 0 Å². The Kier molecular flexibility index (Phi) is 5.25. The molecule has 1 aromatic carbocycles. The highest BCUT2D eigenvalue weighted by Crippen LogP contribution is 2.23. The molecule has 0 amide bonds. The van der Waals surface area contributed by atoms with E-state index >= 15 is 0 Å². The van der Waals surface area contributed by atoms with Gasteiger partial charge in [0.15, 0.2) is 0 Å². The molecule has 1 N–H and O–H groups in total. The van der Waals surface area contributed by atoms with Crippen LogP contribution in [0.4, 0.5) is 0 Å². The Labute approximate surface area is 123 Å². The van der Waals surface area contributed by atoms with Gasteiger partial charge in [0.2, 0.25) is 0 Å². The minimum absolute atomic E-state index is 0.510. The fraction of sp³-hybridized carbons (Fsp3) is 0.357. The summed E-state index contributed by atoms with van der Waals surface area (Å²) in [4.78, 5) is 4.03. The summed E-state index contributed by atoms with van der Waals surface area (Å²) >= 11 is 12.2. The second kappa shape index (κ2) is 6.94. The fourth-order valence-corrected chi connectivity index (χ4v) is 2.50. The number of nitrogens with zero attached hydrogens (tertiary/aromatic N) is 2. The molecule has 0 aliphatic heterocycles. The predicted octanol–water partition coefficient (Wildman–Crippen LogP) is 3.62. The van der Waals surface area contributed by atoms with Crippen molar-refractivity contribution >= 4 is 23.2 Å². The normalized spacial score (nSPS) is 12.6. The second-order valence-electron chi connectivity index (χ2n) is 4.70. The van der Waals surface area contributed by atoms with E-state index < -0.39 is 0 Å². The highest BCUT2D eigenvalue weighted by Gasteiger charge is 2.07. The third-order valence-electron chi connectivity index (χ3n) is 2.94. The molecule has 0 saturated carbocycles. The Hall–Kier alpha value is -1.03. The SMILES string of the molecule is CC(CNCc1c(Cl)cccc1Cl)Cn1ccnc1. The van der Waals surface area contributed by atoms with Crippen molar-refractivity contribution in [2.45, 2.75) is 20.0 Å². The minimum atomic E-state index is 0.510. The van der Waals surface area contributed by atoms with Crippen LogP contribution in [0, 0.1) is 5.92 Å². The molecule has 0 aliphatic carbocycles. The molecule has 19 heavy (non-hydrogen) atoms. The lowest BCUT2D eigenvalue weighted by molar-refractivity contribution is 0.445. The molecule has 1 aromatic heterocycles. The van der Waals surface area contributed by atoms with Gasteiger partial charge in [0, 0.05) is 41.1 Å². The van der Waals surface area contributed by atoms with Crippen LogP contribution >= 0.6 is 23.2 Å². The van der Waals surface area contributed by atoms with Gasteiger partial charge in [0.05, 0.1) is 6.33 Å². The van der Waals surface area contributed by atoms with Gasteiger partial charge < -0.3 is 9.88 Å². The van der Waals surface area contributed by atoms with Crippen molar-refractivity contribution in [1.82, 2.24) is 14.9 Å². The van der Waals surface area contributed by atoms with E-state index in [0.717, 1.165) is 18.7 Å². The molecule has 0 spiro atoms. The predicted molar refractivity (Wildman–Crippen MR) is 79.6 cm³/mol. The molecule has 0 aliphatic rings. The Morgan fingerprint density at radius 2 is 2.05 bits per heavy atom. The number of nitrogens with one attached hydrogen (secondary N) is 1. The van der Waals surface area contributed by atoms with Crippen LogP contribution in [0.2, 0.25) is 10.0 Å². The first kappa shape index (κ1) is 14.4. The maximum Gasteiger partial charge on any atom is 0.0946 e. The lowest BCUT2D eigenvalue weighted by atomic mass is 10.1. The van der Waals surface area contributed by atoms with Gasteiger partial charge in [-0.1, -0.05) is 36.2 Å². The summed E-state index contributed by atoms with van der Waals surface area (Å²) in [6.45, 7) is 4.73. The zero-order chi connectivity index (χ0) is 13.7. The van der Waals surface area contributed by atoms with Crippen LogP contribution in [0.15, 0.2) is 36.9 Å². The Morgan fingerprint density at radius 3 is 2.68 bits per heavy atom. The highest BCUT2D eigenvalue weighted by atomic mass is 35.5. The molecule has 3 nitrogen and oxygen atoms in total. The van der Waals surface area contributed by atoms with E-state index in [2.05, 4.69) is 21.8 Å². The summed E-state index contributed by atoms with van der Waals surface area (Å²) in [6.07, 6.45) is 5.60. The Balaban J connectivity index is 1.80. The molecular formula is C14H17Cl2N3. The number of halogens is 2. The van der Waals surface area contributed by atoms with Crippen LogP contribution in [0.5, 0.6) is 0 Å². The number of hydrogen-bond donors (Lipinski definition) is 1. The molecule has 102 valence electrons. The van der Waals surface area contributed by atoms with Crippen LogP contribution in [0.1, 0.15) is 12.5 Å². The molecule has 1 heterocycles. The van der Waals surface area contributed by atoms with E-state index in [-0.39, 0.29) is 0 Å². The zero-order valence-corrected chi connectivity index (χ0v) is 12.3. The standard InChI is InChI=1S/C14H17Cl2N3/c1-11(9-19-6-5-17-10-19)7-18-8-12-13(15)3-2-4-14(12)16/h2-6,10-11,18H,7-9H2,1H3. The molecular weight excluding hydrogens is 281 g/mol. The summed E-state index contributed by atoms with van der Waals surface area (Å²) in [5.74, 6) is 0.510. The average molecular weight is 298 g/mol. The molecule has 0 bridgehead atoms. The van der Waals surface area contributed by atoms with Crippen LogP contribution in [0.25, 0.3) is 0 Å². The van der Waals surface area contributed by atoms with Crippen LogP contribution in [-0.2, 0) is 13.1 Å². The summed E-state index contributed by atoms with van der Waals surface area (Å²) in [5, 5.41) is 4.81. The maximum atomic E-state index is 6.12. The number of aromatic nitrogens is 2. The Bertz CT molecular complexity index is 491. The van der Waals surface area contributed by atoms with Gasteiger partial charge >= 0.3 is 0 Å². The van der Waals surface area contributed by atoms with Gasteiger partial charge in [-0.05, 0) is 24.6 Å². The van der Waals surface area contributed by atoms with Gasteiger partial charge in [-0.2, -0.15) is 0 Å². The lowest BCUT2D eigenvalue weighted by Gasteiger charge is -2.14. The smallest absolute Gasteiger partial charge is 0.0946 e. The Morgan fingerprint density at radius 1 is 1.32 bits per heavy atom. The van der Waals surface area contributed by atoms with Crippen molar-refractivity contribution in [3.05, 3.63) is 52.5 Å². The van der Waals surface area contributed by atoms with Crippen molar-refractivity contribution in [2.75, 3.05) is 6.54 Å². The van der Waals surface area contributed by atoms with Crippen molar-refractivity contribution in [2.24, 2.45) is 5.92 Å². The van der Waals surface area contributed by atoms with Gasteiger partial charge in [0.1, 0.15) is 0 Å². The number of benzene rings is 1. The highest BCUT2D eigenvalue weighted by molar-refractivity contribution is 6.35. The summed E-state index contributed by atoms with van der Waals surface area (Å²) in [7, 11) is 0. The first-order chi connectivity index (χ1) is 9.16. The number of imidazole rings is 1. The van der Waals surface area contributed by atoms with E-state index in [1.165, 1.54) is 0 Å². The molecule has 1 unspecified atom stereocenters. The largest absolute Gasteiger partial charge is 0.337 e. The van der Waals surface area contributed by atoms with Crippen molar-refractivity contribution in [3.8, 4) is 0 Å². The first-order valence-corrected chi connectivity index (χ1v) is 7.01. The van der Waals surface area contributed by atoms with Crippen molar-refractivity contribution in [3.63, 3.8) is 0 Å². The van der Waals surface area contributed by atoms with Gasteiger partial charge in [-0.25, -0.2) is 4.98 Å². The van der Waals surface area contributed by atoms with E-state index in [1.807, 2.05) is 30.7 Å². The lowest BCUT2D eigenvalue weighted by Crippen LogP contribution is -2.23. The minimum Gasteiger partial charge on any atom is -0.337 e. The summed E-state index contributed by atoms with van der Waals surface area (Å²) < 4.78 is 2.08. The van der Waals surface area contributed by atoms with Gasteiger partial charge in [0.25, 0.3) is 0 Å². The maximum absolute atomic E-state index is 6.12. The third-order valence-corrected chi connectivity index (χ3v) is 3.65. The van der Waals surface area contributed by atoms with Gasteiger partial charge in [-0.15, -0.1) is 0 Å². The van der Waals surface area contributed by atoms with Crippen LogP contribution < -0.4 is 5.32 Å². The monoisotopic (exact) mass is 297 g/mol. The number of rotatable bonds is 6. The average Bonchev–Trinajstić information content (AvgIpc) is 2.85. The molecule has 5 heteroatoms. The summed E-state index contributed by atoms with van der Waals surface area (Å²) in [5.41, 5.74) is 0.959. The van der Waals surface area contributed by atoms with Crippen LogP contribution in [-0.4, -0.2) is 16.1 Å². The molecule has 0 radical (unpaired) electrons. The fourth-order valence-electron chi connectivity index (χ4n) is 1.96. The van der Waals surface area contributed by atoms with Gasteiger partial charge in [-0.3, -0.25) is 0 Å². The molecule has 0 saturated heterocycles. The first-order valence-electron chi connectivity index (χ1n) is 6.26. The van der Waals surface area contributed by atoms with E-state index in [1.54, 1.807) is 6.20 Å². The summed E-state index contributed by atoms with van der Waals surface area (Å²) in [6, 6.07) is 5.58. The quantitative estimate of drug-likeness (QED) is 0.883. The second-order valence-corrected chi connectivity index (χ2v) is 5.51. The molecule has 2 rings (SSSR count). The topological polar surface area (TPSA) is 29.9 Å². The van der Waals surface area contributed by atoms with E-state index in [4.69, 9.17) is 23.2 Å². The van der Waals surface area contributed by atoms with E-state index in [9.17, 15) is 0 Å². The van der Waals surface area contributed by atoms with Crippen molar-refractivity contribution in [1.29, 1.82) is 0 Å². The third kappa shape index (κ3) is 4.23. The molecule has 0 fully saturated rings. The van der Waals surface area contributed by atoms with E-state index in [0.29, 0.717) is 22.5 Å². The van der Waals surface area contributed by atoms with Crippen molar-refractivity contribution < 1.29 is 0 Å². The molecule has 1 atom stereocenters. The zero-order valence-electron chi connectivity index (χ0n) is 10.8.